The zero-order chi connectivity index (χ0) is 13.5. The van der Waals surface area contributed by atoms with Crippen molar-refractivity contribution in [3.05, 3.63) is 30.2 Å². The first-order chi connectivity index (χ1) is 9.29. The van der Waals surface area contributed by atoms with Crippen molar-refractivity contribution in [3.63, 3.8) is 0 Å². The summed E-state index contributed by atoms with van der Waals surface area (Å²) in [6, 6.07) is 6.83. The predicted molar refractivity (Wildman–Crippen MR) is 72.6 cm³/mol. The Morgan fingerprint density at radius 1 is 1.16 bits per heavy atom. The van der Waals surface area contributed by atoms with Crippen molar-refractivity contribution >= 4 is 0 Å². The van der Waals surface area contributed by atoms with Gasteiger partial charge >= 0.3 is 0 Å². The summed E-state index contributed by atoms with van der Waals surface area (Å²) < 4.78 is 5.20. The van der Waals surface area contributed by atoms with Crippen LogP contribution in [0.4, 0.5) is 0 Å². The third-order valence-electron chi connectivity index (χ3n) is 2.92. The molecule has 2 aromatic rings. The number of phenols is 1. The van der Waals surface area contributed by atoms with Gasteiger partial charge in [0, 0.05) is 12.0 Å². The Morgan fingerprint density at radius 2 is 2.00 bits per heavy atom. The summed E-state index contributed by atoms with van der Waals surface area (Å²) in [5.41, 5.74) is 6.20. The van der Waals surface area contributed by atoms with Crippen LogP contribution in [0.5, 0.6) is 5.75 Å². The lowest BCUT2D eigenvalue weighted by atomic mass is 10.1. The molecule has 2 rings (SSSR count). The second-order valence-corrected chi connectivity index (χ2v) is 4.51. The van der Waals surface area contributed by atoms with Crippen LogP contribution in [0.25, 0.3) is 11.4 Å². The lowest BCUT2D eigenvalue weighted by molar-refractivity contribution is 0.374. The number of nitrogens with zero attached hydrogens (tertiary/aromatic N) is 2. The zero-order valence-corrected chi connectivity index (χ0v) is 10.9. The number of unbranched alkanes of at least 4 members (excludes halogenated alkanes) is 3. The maximum atomic E-state index is 9.41. The van der Waals surface area contributed by atoms with Crippen LogP contribution in [-0.4, -0.2) is 21.8 Å². The Morgan fingerprint density at radius 3 is 2.79 bits per heavy atom. The number of aromatic hydroxyl groups is 1. The van der Waals surface area contributed by atoms with E-state index >= 15 is 0 Å². The van der Waals surface area contributed by atoms with Crippen LogP contribution < -0.4 is 5.73 Å². The van der Waals surface area contributed by atoms with Gasteiger partial charge in [-0.2, -0.15) is 4.98 Å². The van der Waals surface area contributed by atoms with Crippen molar-refractivity contribution in [3.8, 4) is 17.1 Å². The van der Waals surface area contributed by atoms with Crippen LogP contribution in [0.1, 0.15) is 31.6 Å². The predicted octanol–water partition coefficient (Wildman–Crippen LogP) is 2.50. The van der Waals surface area contributed by atoms with E-state index in [1.165, 1.54) is 0 Å². The number of nitrogens with two attached hydrogens (primary N) is 1. The molecule has 3 N–H and O–H groups in total. The number of benzene rings is 1. The third kappa shape index (κ3) is 4.06. The van der Waals surface area contributed by atoms with E-state index in [0.717, 1.165) is 44.2 Å². The van der Waals surface area contributed by atoms with E-state index in [1.807, 2.05) is 6.07 Å². The minimum absolute atomic E-state index is 0.200. The minimum Gasteiger partial charge on any atom is -0.508 e. The molecule has 1 heterocycles. The average molecular weight is 261 g/mol. The highest BCUT2D eigenvalue weighted by Crippen LogP contribution is 2.20. The number of phenolic OH excluding ortho intramolecular Hbond substituents is 1. The van der Waals surface area contributed by atoms with Gasteiger partial charge in [-0.25, -0.2) is 0 Å². The van der Waals surface area contributed by atoms with E-state index in [-0.39, 0.29) is 5.75 Å². The first kappa shape index (κ1) is 13.5. The van der Waals surface area contributed by atoms with E-state index in [0.29, 0.717) is 11.7 Å². The molecule has 0 saturated heterocycles. The summed E-state index contributed by atoms with van der Waals surface area (Å²) in [4.78, 5) is 4.33. The second-order valence-electron chi connectivity index (χ2n) is 4.51. The Labute approximate surface area is 112 Å². The van der Waals surface area contributed by atoms with Crippen molar-refractivity contribution in [1.29, 1.82) is 0 Å². The quantitative estimate of drug-likeness (QED) is 0.748. The van der Waals surface area contributed by atoms with Crippen molar-refractivity contribution in [2.45, 2.75) is 32.1 Å². The van der Waals surface area contributed by atoms with Crippen molar-refractivity contribution in [2.24, 2.45) is 5.73 Å². The monoisotopic (exact) mass is 261 g/mol. The van der Waals surface area contributed by atoms with E-state index in [1.54, 1.807) is 18.2 Å². The fourth-order valence-electron chi connectivity index (χ4n) is 1.89. The molecular formula is C14H19N3O2. The second kappa shape index (κ2) is 6.89. The molecule has 102 valence electrons. The summed E-state index contributed by atoms with van der Waals surface area (Å²) in [6.07, 6.45) is 5.15. The highest BCUT2D eigenvalue weighted by atomic mass is 16.5. The standard InChI is InChI=1S/C14H19N3O2/c15-9-4-2-1-3-8-13-16-14(17-19-13)11-6-5-7-12(18)10-11/h5-7,10,18H,1-4,8-9,15H2. The van der Waals surface area contributed by atoms with Gasteiger partial charge in [0.25, 0.3) is 0 Å². The molecule has 0 aliphatic heterocycles. The van der Waals surface area contributed by atoms with Gasteiger partial charge in [-0.15, -0.1) is 0 Å². The smallest absolute Gasteiger partial charge is 0.226 e. The molecular weight excluding hydrogens is 242 g/mol. The first-order valence-electron chi connectivity index (χ1n) is 6.61. The van der Waals surface area contributed by atoms with Crippen LogP contribution in [-0.2, 0) is 6.42 Å². The summed E-state index contributed by atoms with van der Waals surface area (Å²) in [6.45, 7) is 0.752. The number of aryl methyl sites for hydroxylation is 1. The normalized spacial score (nSPS) is 10.8. The van der Waals surface area contributed by atoms with Gasteiger partial charge in [-0.05, 0) is 31.5 Å². The Balaban J connectivity index is 1.88. The molecule has 0 amide bonds. The SMILES string of the molecule is NCCCCCCc1nc(-c2cccc(O)c2)no1. The molecule has 19 heavy (non-hydrogen) atoms. The molecule has 0 bridgehead atoms. The average Bonchev–Trinajstić information content (AvgIpc) is 2.87. The number of hydrogen-bond donors (Lipinski definition) is 2. The van der Waals surface area contributed by atoms with E-state index in [4.69, 9.17) is 10.3 Å². The fourth-order valence-corrected chi connectivity index (χ4v) is 1.89. The molecule has 5 heteroatoms. The lowest BCUT2D eigenvalue weighted by Crippen LogP contribution is -1.97. The van der Waals surface area contributed by atoms with Crippen molar-refractivity contribution < 1.29 is 9.63 Å². The van der Waals surface area contributed by atoms with Gasteiger partial charge < -0.3 is 15.4 Å². The molecule has 0 fully saturated rings. The van der Waals surface area contributed by atoms with Crippen molar-refractivity contribution in [2.75, 3.05) is 6.54 Å². The van der Waals surface area contributed by atoms with Crippen LogP contribution in [0.3, 0.4) is 0 Å². The first-order valence-corrected chi connectivity index (χ1v) is 6.61. The number of aromatic nitrogens is 2. The Hall–Kier alpha value is -1.88. The molecule has 0 spiro atoms. The molecule has 1 aromatic heterocycles. The topological polar surface area (TPSA) is 85.2 Å². The molecule has 0 atom stereocenters. The number of rotatable bonds is 7. The molecule has 5 nitrogen and oxygen atoms in total. The maximum absolute atomic E-state index is 9.41. The molecule has 0 saturated carbocycles. The maximum Gasteiger partial charge on any atom is 0.226 e. The molecule has 0 aliphatic carbocycles. The van der Waals surface area contributed by atoms with Gasteiger partial charge in [0.15, 0.2) is 0 Å². The minimum atomic E-state index is 0.200. The fraction of sp³-hybridized carbons (Fsp3) is 0.429. The van der Waals surface area contributed by atoms with E-state index in [9.17, 15) is 5.11 Å². The van der Waals surface area contributed by atoms with Crippen LogP contribution >= 0.6 is 0 Å². The Bertz CT molecular complexity index is 511. The highest BCUT2D eigenvalue weighted by Gasteiger charge is 2.08. The van der Waals surface area contributed by atoms with Crippen LogP contribution in [0.2, 0.25) is 0 Å². The molecule has 1 aromatic carbocycles. The third-order valence-corrected chi connectivity index (χ3v) is 2.92. The van der Waals surface area contributed by atoms with Gasteiger partial charge in [0.2, 0.25) is 11.7 Å². The van der Waals surface area contributed by atoms with Crippen LogP contribution in [0.15, 0.2) is 28.8 Å². The largest absolute Gasteiger partial charge is 0.508 e. The molecule has 0 unspecified atom stereocenters. The summed E-state index contributed by atoms with van der Waals surface area (Å²) in [5.74, 6) is 1.37. The number of hydrogen-bond acceptors (Lipinski definition) is 5. The summed E-state index contributed by atoms with van der Waals surface area (Å²) in [7, 11) is 0. The van der Waals surface area contributed by atoms with Gasteiger partial charge in [0.1, 0.15) is 5.75 Å². The summed E-state index contributed by atoms with van der Waals surface area (Å²) >= 11 is 0. The van der Waals surface area contributed by atoms with E-state index in [2.05, 4.69) is 10.1 Å². The Kier molecular flexibility index (Phi) is 4.92. The van der Waals surface area contributed by atoms with Gasteiger partial charge in [0.05, 0.1) is 0 Å². The molecule has 0 aliphatic rings. The highest BCUT2D eigenvalue weighted by molar-refractivity contribution is 5.56. The summed E-state index contributed by atoms with van der Waals surface area (Å²) in [5, 5.41) is 13.3. The zero-order valence-electron chi connectivity index (χ0n) is 10.9. The van der Waals surface area contributed by atoms with Gasteiger partial charge in [-0.3, -0.25) is 0 Å². The van der Waals surface area contributed by atoms with Crippen molar-refractivity contribution in [1.82, 2.24) is 10.1 Å². The van der Waals surface area contributed by atoms with Crippen LogP contribution in [0, 0.1) is 0 Å². The van der Waals surface area contributed by atoms with Gasteiger partial charge in [-0.1, -0.05) is 30.1 Å². The lowest BCUT2D eigenvalue weighted by Gasteiger charge is -1.96. The van der Waals surface area contributed by atoms with E-state index < -0.39 is 0 Å². The molecule has 0 radical (unpaired) electrons.